The van der Waals surface area contributed by atoms with Gasteiger partial charge in [-0.15, -0.1) is 0 Å². The molecule has 0 aliphatic heterocycles. The smallest absolute Gasteiger partial charge is 0.224 e. The molecule has 0 amide bonds. The van der Waals surface area contributed by atoms with E-state index in [1.54, 1.807) is 12.3 Å². The maximum Gasteiger partial charge on any atom is 0.224 e. The van der Waals surface area contributed by atoms with E-state index >= 15 is 0 Å². The minimum Gasteiger partial charge on any atom is -0.383 e. The lowest BCUT2D eigenvalue weighted by Crippen LogP contribution is -2.12. The largest absolute Gasteiger partial charge is 0.383 e. The van der Waals surface area contributed by atoms with Crippen LogP contribution in [-0.4, -0.2) is 19.9 Å². The zero-order chi connectivity index (χ0) is 13.8. The quantitative estimate of drug-likeness (QED) is 0.692. The average Bonchev–Trinajstić information content (AvgIpc) is 2.37. The van der Waals surface area contributed by atoms with Gasteiger partial charge in [-0.2, -0.15) is 9.97 Å². The van der Waals surface area contributed by atoms with Gasteiger partial charge in [-0.05, 0) is 13.0 Å². The third-order valence-corrected chi connectivity index (χ3v) is 2.42. The number of fused-ring (bicyclic) bond motifs is 1. The molecule has 2 rings (SSSR count). The van der Waals surface area contributed by atoms with E-state index in [-0.39, 0.29) is 11.8 Å². The fourth-order valence-electron chi connectivity index (χ4n) is 1.53. The van der Waals surface area contributed by atoms with Gasteiger partial charge in [0.2, 0.25) is 5.95 Å². The third-order valence-electron chi connectivity index (χ3n) is 2.42. The predicted octanol–water partition coefficient (Wildman–Crippen LogP) is 0.764. The summed E-state index contributed by atoms with van der Waals surface area (Å²) in [5.41, 5.74) is 13.8. The first-order valence-corrected chi connectivity index (χ1v) is 5.68. The highest BCUT2D eigenvalue weighted by atomic mass is 15.1. The van der Waals surface area contributed by atoms with E-state index in [9.17, 15) is 0 Å². The molecule has 2 aromatic heterocycles. The standard InChI is InChI=1S/C12H15N7/c1-3-4-7(2)15-5-8-6-16-11-9(17-8)10(13)18-12(14)19-11/h3-4,6,15H,1,5H2,2H3,(H4,13,14,16,18,19)/b7-4+. The highest BCUT2D eigenvalue weighted by Gasteiger charge is 2.07. The van der Waals surface area contributed by atoms with Crippen molar-refractivity contribution >= 4 is 22.9 Å². The second kappa shape index (κ2) is 5.30. The average molecular weight is 257 g/mol. The number of hydrogen-bond donors (Lipinski definition) is 3. The van der Waals surface area contributed by atoms with Crippen molar-refractivity contribution in [1.82, 2.24) is 25.3 Å². The molecule has 98 valence electrons. The van der Waals surface area contributed by atoms with E-state index < -0.39 is 0 Å². The Balaban J connectivity index is 2.27. The van der Waals surface area contributed by atoms with Crippen LogP contribution in [0.1, 0.15) is 12.6 Å². The van der Waals surface area contributed by atoms with Crippen molar-refractivity contribution in [2.45, 2.75) is 13.5 Å². The Hall–Kier alpha value is -2.70. The van der Waals surface area contributed by atoms with Crippen LogP contribution in [0.2, 0.25) is 0 Å². The van der Waals surface area contributed by atoms with Crippen LogP contribution < -0.4 is 16.8 Å². The van der Waals surface area contributed by atoms with E-state index in [4.69, 9.17) is 11.5 Å². The zero-order valence-electron chi connectivity index (χ0n) is 10.6. The maximum absolute atomic E-state index is 5.75. The van der Waals surface area contributed by atoms with Crippen molar-refractivity contribution in [2.75, 3.05) is 11.5 Å². The number of hydrogen-bond acceptors (Lipinski definition) is 7. The first-order chi connectivity index (χ1) is 9.10. The molecule has 0 bridgehead atoms. The molecule has 0 spiro atoms. The van der Waals surface area contributed by atoms with Crippen LogP contribution in [0, 0.1) is 0 Å². The van der Waals surface area contributed by atoms with Gasteiger partial charge in [0.05, 0.1) is 18.4 Å². The molecule has 5 N–H and O–H groups in total. The van der Waals surface area contributed by atoms with Crippen molar-refractivity contribution in [3.8, 4) is 0 Å². The second-order valence-electron chi connectivity index (χ2n) is 3.94. The Bertz CT molecular complexity index is 648. The monoisotopic (exact) mass is 257 g/mol. The molecule has 2 aromatic rings. The molecule has 0 aromatic carbocycles. The minimum absolute atomic E-state index is 0.0925. The zero-order valence-corrected chi connectivity index (χ0v) is 10.6. The molecular weight excluding hydrogens is 242 g/mol. The lowest BCUT2D eigenvalue weighted by molar-refractivity contribution is 0.786. The van der Waals surface area contributed by atoms with E-state index in [2.05, 4.69) is 31.8 Å². The first kappa shape index (κ1) is 12.7. The molecule has 19 heavy (non-hydrogen) atoms. The summed E-state index contributed by atoms with van der Waals surface area (Å²) in [6.45, 7) is 6.10. The third kappa shape index (κ3) is 2.95. The second-order valence-corrected chi connectivity index (χ2v) is 3.94. The van der Waals surface area contributed by atoms with Gasteiger partial charge in [-0.1, -0.05) is 12.7 Å². The van der Waals surface area contributed by atoms with Crippen LogP contribution >= 0.6 is 0 Å². The van der Waals surface area contributed by atoms with Crippen molar-refractivity contribution in [3.05, 3.63) is 36.3 Å². The van der Waals surface area contributed by atoms with E-state index in [0.717, 1.165) is 11.4 Å². The number of nitrogens with two attached hydrogens (primary N) is 2. The molecule has 2 heterocycles. The summed E-state index contributed by atoms with van der Waals surface area (Å²) in [5, 5.41) is 3.18. The number of rotatable bonds is 4. The molecular formula is C12H15N7. The summed E-state index contributed by atoms with van der Waals surface area (Å²) in [6.07, 6.45) is 5.21. The molecule has 7 heteroatoms. The van der Waals surface area contributed by atoms with Crippen molar-refractivity contribution < 1.29 is 0 Å². The van der Waals surface area contributed by atoms with Gasteiger partial charge < -0.3 is 16.8 Å². The lowest BCUT2D eigenvalue weighted by atomic mass is 10.3. The topological polar surface area (TPSA) is 116 Å². The van der Waals surface area contributed by atoms with Crippen LogP contribution in [0.4, 0.5) is 11.8 Å². The summed E-state index contributed by atoms with van der Waals surface area (Å²) >= 11 is 0. The summed E-state index contributed by atoms with van der Waals surface area (Å²) in [7, 11) is 0. The molecule has 0 fully saturated rings. The van der Waals surface area contributed by atoms with Gasteiger partial charge in [0, 0.05) is 5.70 Å². The molecule has 0 atom stereocenters. The number of aromatic nitrogens is 4. The van der Waals surface area contributed by atoms with E-state index in [1.165, 1.54) is 0 Å². The fourth-order valence-corrected chi connectivity index (χ4v) is 1.53. The molecule has 0 saturated carbocycles. The lowest BCUT2D eigenvalue weighted by Gasteiger charge is -2.06. The molecule has 0 aliphatic rings. The van der Waals surface area contributed by atoms with Crippen LogP contribution in [0.15, 0.2) is 30.6 Å². The van der Waals surface area contributed by atoms with Gasteiger partial charge in [0.1, 0.15) is 0 Å². The summed E-state index contributed by atoms with van der Waals surface area (Å²) in [4.78, 5) is 16.4. The molecule has 0 saturated heterocycles. The Morgan fingerprint density at radius 3 is 2.89 bits per heavy atom. The van der Waals surface area contributed by atoms with Gasteiger partial charge >= 0.3 is 0 Å². The van der Waals surface area contributed by atoms with Crippen molar-refractivity contribution in [1.29, 1.82) is 0 Å². The maximum atomic E-state index is 5.75. The Labute approximate surface area is 110 Å². The predicted molar refractivity (Wildman–Crippen MR) is 74.7 cm³/mol. The SMILES string of the molecule is C=C/C=C(\C)NCc1cnc2nc(N)nc(N)c2n1. The highest BCUT2D eigenvalue weighted by Crippen LogP contribution is 2.14. The molecule has 0 aliphatic carbocycles. The van der Waals surface area contributed by atoms with Crippen molar-refractivity contribution in [2.24, 2.45) is 0 Å². The summed E-state index contributed by atoms with van der Waals surface area (Å²) in [5.74, 6) is 0.324. The Morgan fingerprint density at radius 2 is 2.16 bits per heavy atom. The van der Waals surface area contributed by atoms with Crippen LogP contribution in [-0.2, 0) is 6.54 Å². The number of allylic oxidation sites excluding steroid dienone is 3. The first-order valence-electron chi connectivity index (χ1n) is 5.68. The van der Waals surface area contributed by atoms with Gasteiger partial charge in [0.15, 0.2) is 17.0 Å². The van der Waals surface area contributed by atoms with E-state index in [1.807, 2.05) is 13.0 Å². The Morgan fingerprint density at radius 1 is 1.37 bits per heavy atom. The summed E-state index contributed by atoms with van der Waals surface area (Å²) < 4.78 is 0. The summed E-state index contributed by atoms with van der Waals surface area (Å²) in [6, 6.07) is 0. The van der Waals surface area contributed by atoms with Gasteiger partial charge in [-0.3, -0.25) is 0 Å². The number of nitrogens with zero attached hydrogens (tertiary/aromatic N) is 4. The number of nitrogens with one attached hydrogen (secondary N) is 1. The van der Waals surface area contributed by atoms with Gasteiger partial charge in [0.25, 0.3) is 0 Å². The van der Waals surface area contributed by atoms with Crippen LogP contribution in [0.25, 0.3) is 11.2 Å². The Kier molecular flexibility index (Phi) is 3.56. The van der Waals surface area contributed by atoms with Crippen LogP contribution in [0.3, 0.4) is 0 Å². The number of anilines is 2. The fraction of sp³-hybridized carbons (Fsp3) is 0.167. The number of nitrogen functional groups attached to an aromatic ring is 2. The van der Waals surface area contributed by atoms with Crippen LogP contribution in [0.5, 0.6) is 0 Å². The van der Waals surface area contributed by atoms with Crippen molar-refractivity contribution in [3.63, 3.8) is 0 Å². The molecule has 0 radical (unpaired) electrons. The normalized spacial score (nSPS) is 11.5. The van der Waals surface area contributed by atoms with Gasteiger partial charge in [-0.25, -0.2) is 9.97 Å². The molecule has 7 nitrogen and oxygen atoms in total. The minimum atomic E-state index is 0.0925. The van der Waals surface area contributed by atoms with E-state index in [0.29, 0.717) is 17.7 Å². The molecule has 0 unspecified atom stereocenters. The highest BCUT2D eigenvalue weighted by molar-refractivity contribution is 5.81.